The fraction of sp³-hybridized carbons (Fsp3) is 0.0909. The Labute approximate surface area is 122 Å². The zero-order valence-corrected chi connectivity index (χ0v) is 12.2. The maximum absolute atomic E-state index is 9.06. The van der Waals surface area contributed by atoms with Crippen molar-refractivity contribution in [2.24, 2.45) is 5.16 Å². The third-order valence-electron chi connectivity index (χ3n) is 2.11. The Morgan fingerprint density at radius 3 is 2.67 bits per heavy atom. The molecular weight excluding hydrogens is 311 g/mol. The van der Waals surface area contributed by atoms with E-state index in [2.05, 4.69) is 10.1 Å². The molecule has 0 amide bonds. The minimum Gasteiger partial charge on any atom is -0.411 e. The number of oxime groups is 1. The second kappa shape index (κ2) is 6.43. The van der Waals surface area contributed by atoms with Gasteiger partial charge in [-0.2, -0.15) is 0 Å². The minimum absolute atomic E-state index is 0.505. The molecule has 1 N–H and O–H groups in total. The summed E-state index contributed by atoms with van der Waals surface area (Å²) < 4.78 is 1.10. The smallest absolute Gasteiger partial charge is 0.104 e. The molecule has 2 rings (SSSR count). The lowest BCUT2D eigenvalue weighted by Gasteiger charge is -2.03. The number of thiophene rings is 1. The van der Waals surface area contributed by atoms with Crippen molar-refractivity contribution in [3.05, 3.63) is 44.8 Å². The molecule has 7 heteroatoms. The lowest BCUT2D eigenvalue weighted by Crippen LogP contribution is -2.03. The Bertz CT molecular complexity index is 557. The molecule has 0 saturated heterocycles. The third kappa shape index (κ3) is 3.38. The van der Waals surface area contributed by atoms with Crippen LogP contribution in [-0.2, 0) is 0 Å². The lowest BCUT2D eigenvalue weighted by atomic mass is 10.2. The third-order valence-corrected chi connectivity index (χ3v) is 4.62. The summed E-state index contributed by atoms with van der Waals surface area (Å²) in [6, 6.07) is 5.49. The second-order valence-electron chi connectivity index (χ2n) is 3.26. The molecule has 0 fully saturated rings. The van der Waals surface area contributed by atoms with E-state index in [4.69, 9.17) is 28.4 Å². The predicted molar refractivity (Wildman–Crippen MR) is 77.6 cm³/mol. The van der Waals surface area contributed by atoms with Crippen LogP contribution in [0.3, 0.4) is 0 Å². The van der Waals surface area contributed by atoms with E-state index >= 15 is 0 Å². The van der Waals surface area contributed by atoms with Gasteiger partial charge in [0.1, 0.15) is 4.34 Å². The van der Waals surface area contributed by atoms with Crippen molar-refractivity contribution in [3.63, 3.8) is 0 Å². The van der Waals surface area contributed by atoms with Gasteiger partial charge in [0.15, 0.2) is 0 Å². The van der Waals surface area contributed by atoms with Gasteiger partial charge < -0.3 is 5.21 Å². The van der Waals surface area contributed by atoms with Crippen molar-refractivity contribution in [2.45, 2.75) is 4.90 Å². The monoisotopic (exact) mass is 318 g/mol. The number of hydrogen-bond acceptors (Lipinski definition) is 5. The second-order valence-corrected chi connectivity index (χ2v) is 6.59. The van der Waals surface area contributed by atoms with E-state index in [-0.39, 0.29) is 0 Å². The fourth-order valence-corrected chi connectivity index (χ4v) is 3.62. The fourth-order valence-electron chi connectivity index (χ4n) is 1.28. The standard InChI is InChI=1S/C11H8Cl2N2OS2/c12-10-5-8(11(13)18-10)9(15-16)6-17-7-1-3-14-4-2-7/h1-5,16H,6H2/b15-9+. The highest BCUT2D eigenvalue weighted by Crippen LogP contribution is 2.32. The average Bonchev–Trinajstić information content (AvgIpc) is 2.71. The van der Waals surface area contributed by atoms with Gasteiger partial charge in [-0.3, -0.25) is 4.98 Å². The van der Waals surface area contributed by atoms with Crippen LogP contribution in [0.4, 0.5) is 0 Å². The summed E-state index contributed by atoms with van der Waals surface area (Å²) in [5, 5.41) is 12.3. The molecule has 0 radical (unpaired) electrons. The largest absolute Gasteiger partial charge is 0.411 e. The summed E-state index contributed by atoms with van der Waals surface area (Å²) in [6.07, 6.45) is 3.43. The normalized spacial score (nSPS) is 11.8. The summed E-state index contributed by atoms with van der Waals surface area (Å²) in [5.74, 6) is 0.507. The predicted octanol–water partition coefficient (Wildman–Crippen LogP) is 4.42. The van der Waals surface area contributed by atoms with Crippen molar-refractivity contribution in [1.29, 1.82) is 0 Å². The molecule has 0 atom stereocenters. The summed E-state index contributed by atoms with van der Waals surface area (Å²) in [6.45, 7) is 0. The van der Waals surface area contributed by atoms with E-state index in [9.17, 15) is 0 Å². The first kappa shape index (κ1) is 13.7. The van der Waals surface area contributed by atoms with Crippen LogP contribution < -0.4 is 0 Å². The molecule has 3 nitrogen and oxygen atoms in total. The van der Waals surface area contributed by atoms with Gasteiger partial charge in [0.2, 0.25) is 0 Å². The van der Waals surface area contributed by atoms with Gasteiger partial charge in [-0.25, -0.2) is 0 Å². The molecule has 2 aromatic rings. The molecule has 2 heterocycles. The number of pyridine rings is 1. The van der Waals surface area contributed by atoms with Gasteiger partial charge >= 0.3 is 0 Å². The van der Waals surface area contributed by atoms with Gasteiger partial charge in [-0.05, 0) is 18.2 Å². The van der Waals surface area contributed by atoms with Crippen LogP contribution in [0.5, 0.6) is 0 Å². The van der Waals surface area contributed by atoms with Crippen LogP contribution in [-0.4, -0.2) is 21.7 Å². The topological polar surface area (TPSA) is 45.5 Å². The Hall–Kier alpha value is -0.750. The van der Waals surface area contributed by atoms with Crippen molar-refractivity contribution in [3.8, 4) is 0 Å². The number of thioether (sulfide) groups is 1. The highest BCUT2D eigenvalue weighted by Gasteiger charge is 2.13. The van der Waals surface area contributed by atoms with Crippen LogP contribution in [0, 0.1) is 0 Å². The van der Waals surface area contributed by atoms with Crippen LogP contribution in [0.25, 0.3) is 0 Å². The minimum atomic E-state index is 0.505. The number of rotatable bonds is 4. The van der Waals surface area contributed by atoms with Crippen molar-refractivity contribution in [1.82, 2.24) is 4.98 Å². The SMILES string of the molecule is O/N=C(\CSc1ccncc1)c1cc(Cl)sc1Cl. The summed E-state index contributed by atoms with van der Waals surface area (Å²) in [7, 11) is 0. The number of hydrogen-bond donors (Lipinski definition) is 1. The van der Waals surface area contributed by atoms with Gasteiger partial charge in [-0.1, -0.05) is 28.4 Å². The van der Waals surface area contributed by atoms with Crippen molar-refractivity contribution < 1.29 is 5.21 Å². The van der Waals surface area contributed by atoms with E-state index in [0.29, 0.717) is 25.7 Å². The maximum atomic E-state index is 9.06. The lowest BCUT2D eigenvalue weighted by molar-refractivity contribution is 0.319. The number of aromatic nitrogens is 1. The molecule has 0 aliphatic carbocycles. The van der Waals surface area contributed by atoms with E-state index in [1.54, 1.807) is 18.5 Å². The van der Waals surface area contributed by atoms with Crippen molar-refractivity contribution in [2.75, 3.05) is 5.75 Å². The molecular formula is C11H8Cl2N2OS2. The van der Waals surface area contributed by atoms with Crippen LogP contribution in [0.1, 0.15) is 5.56 Å². The summed E-state index contributed by atoms with van der Waals surface area (Å²) in [4.78, 5) is 4.98. The molecule has 0 saturated carbocycles. The Kier molecular flexibility index (Phi) is 4.88. The number of nitrogens with zero attached hydrogens (tertiary/aromatic N) is 2. The van der Waals surface area contributed by atoms with E-state index in [1.807, 2.05) is 12.1 Å². The quantitative estimate of drug-likeness (QED) is 0.393. The highest BCUT2D eigenvalue weighted by molar-refractivity contribution is 8.00. The van der Waals surface area contributed by atoms with Crippen LogP contribution >= 0.6 is 46.3 Å². The summed E-state index contributed by atoms with van der Waals surface area (Å²) >= 11 is 14.7. The highest BCUT2D eigenvalue weighted by atomic mass is 35.5. The van der Waals surface area contributed by atoms with E-state index in [0.717, 1.165) is 4.90 Å². The molecule has 0 bridgehead atoms. The first-order chi connectivity index (χ1) is 8.70. The first-order valence-corrected chi connectivity index (χ1v) is 7.45. The van der Waals surface area contributed by atoms with Gasteiger partial charge in [-0.15, -0.1) is 23.1 Å². The first-order valence-electron chi connectivity index (χ1n) is 4.89. The zero-order chi connectivity index (χ0) is 13.0. The molecule has 0 aromatic carbocycles. The van der Waals surface area contributed by atoms with Gasteiger partial charge in [0.05, 0.1) is 10.0 Å². The van der Waals surface area contributed by atoms with Crippen LogP contribution in [0.15, 0.2) is 40.6 Å². The molecule has 0 aliphatic heterocycles. The average molecular weight is 319 g/mol. The molecule has 0 aliphatic rings. The van der Waals surface area contributed by atoms with E-state index in [1.165, 1.54) is 23.1 Å². The Morgan fingerprint density at radius 1 is 1.39 bits per heavy atom. The van der Waals surface area contributed by atoms with Crippen molar-refractivity contribution >= 4 is 52.0 Å². The summed E-state index contributed by atoms with van der Waals surface area (Å²) in [5.41, 5.74) is 1.18. The van der Waals surface area contributed by atoms with Crippen LogP contribution in [0.2, 0.25) is 8.67 Å². The maximum Gasteiger partial charge on any atom is 0.104 e. The molecule has 2 aromatic heterocycles. The molecule has 0 unspecified atom stereocenters. The van der Waals surface area contributed by atoms with E-state index < -0.39 is 0 Å². The van der Waals surface area contributed by atoms with Gasteiger partial charge in [0, 0.05) is 28.6 Å². The molecule has 0 spiro atoms. The molecule has 18 heavy (non-hydrogen) atoms. The zero-order valence-electron chi connectivity index (χ0n) is 9.01. The Morgan fingerprint density at radius 2 is 2.11 bits per heavy atom. The molecule has 94 valence electrons. The Balaban J connectivity index is 2.10. The van der Waals surface area contributed by atoms with Gasteiger partial charge in [0.25, 0.3) is 0 Å². The number of halogens is 2.